The standard InChI is InChI=1S/C14H13Cl2F3O/c1-2-3-8-4-5-10-9(6-8)7-11(15)13(12(10)16)20-14(17,18)19/h6-7H,2-5H2,1H3. The predicted molar refractivity (Wildman–Crippen MR) is 74.4 cm³/mol. The molecule has 1 aromatic rings. The van der Waals surface area contributed by atoms with E-state index < -0.39 is 12.1 Å². The summed E-state index contributed by atoms with van der Waals surface area (Å²) in [6, 6.07) is 1.48. The molecule has 0 saturated heterocycles. The smallest absolute Gasteiger partial charge is 0.403 e. The lowest BCUT2D eigenvalue weighted by Gasteiger charge is -2.21. The lowest BCUT2D eigenvalue weighted by atomic mass is 9.90. The number of halogens is 5. The van der Waals surface area contributed by atoms with Gasteiger partial charge in [0.25, 0.3) is 0 Å². The van der Waals surface area contributed by atoms with Gasteiger partial charge in [0, 0.05) is 0 Å². The Morgan fingerprint density at radius 1 is 1.25 bits per heavy atom. The van der Waals surface area contributed by atoms with Gasteiger partial charge in [-0.15, -0.1) is 13.2 Å². The molecule has 20 heavy (non-hydrogen) atoms. The number of alkyl halides is 3. The second-order valence-corrected chi connectivity index (χ2v) is 5.45. The van der Waals surface area contributed by atoms with Gasteiger partial charge in [-0.1, -0.05) is 48.2 Å². The average molecular weight is 325 g/mol. The van der Waals surface area contributed by atoms with E-state index in [1.54, 1.807) is 0 Å². The summed E-state index contributed by atoms with van der Waals surface area (Å²) < 4.78 is 41.0. The van der Waals surface area contributed by atoms with Crippen molar-refractivity contribution in [3.05, 3.63) is 32.8 Å². The summed E-state index contributed by atoms with van der Waals surface area (Å²) >= 11 is 11.9. The highest BCUT2D eigenvalue weighted by molar-refractivity contribution is 6.38. The monoisotopic (exact) mass is 324 g/mol. The van der Waals surface area contributed by atoms with Crippen molar-refractivity contribution in [3.8, 4) is 5.75 Å². The fourth-order valence-electron chi connectivity index (χ4n) is 2.35. The van der Waals surface area contributed by atoms with Crippen molar-refractivity contribution in [2.45, 2.75) is 39.0 Å². The summed E-state index contributed by atoms with van der Waals surface area (Å²) in [4.78, 5) is 0. The highest BCUT2D eigenvalue weighted by Gasteiger charge is 2.34. The fourth-order valence-corrected chi connectivity index (χ4v) is 2.99. The minimum Gasteiger partial charge on any atom is -0.403 e. The Labute approximate surface area is 125 Å². The van der Waals surface area contributed by atoms with Crippen molar-refractivity contribution in [2.75, 3.05) is 0 Å². The van der Waals surface area contributed by atoms with E-state index in [-0.39, 0.29) is 10.0 Å². The van der Waals surface area contributed by atoms with E-state index in [1.807, 2.05) is 6.08 Å². The molecule has 0 fully saturated rings. The van der Waals surface area contributed by atoms with Gasteiger partial charge in [0.15, 0.2) is 5.75 Å². The van der Waals surface area contributed by atoms with Crippen LogP contribution in [0.1, 0.15) is 37.3 Å². The largest absolute Gasteiger partial charge is 0.573 e. The highest BCUT2D eigenvalue weighted by Crippen LogP contribution is 2.43. The molecule has 0 amide bonds. The molecule has 6 heteroatoms. The second-order valence-electron chi connectivity index (χ2n) is 4.67. The van der Waals surface area contributed by atoms with Gasteiger partial charge in [-0.2, -0.15) is 0 Å². The maximum absolute atomic E-state index is 12.3. The van der Waals surface area contributed by atoms with Crippen LogP contribution in [0.5, 0.6) is 5.75 Å². The summed E-state index contributed by atoms with van der Waals surface area (Å²) in [6.45, 7) is 2.08. The van der Waals surface area contributed by atoms with E-state index in [2.05, 4.69) is 11.7 Å². The van der Waals surface area contributed by atoms with Crippen LogP contribution in [0.15, 0.2) is 11.6 Å². The van der Waals surface area contributed by atoms with Crippen molar-refractivity contribution >= 4 is 29.3 Å². The third-order valence-electron chi connectivity index (χ3n) is 3.16. The van der Waals surface area contributed by atoms with Crippen LogP contribution in [0.25, 0.3) is 6.08 Å². The van der Waals surface area contributed by atoms with Crippen molar-refractivity contribution in [3.63, 3.8) is 0 Å². The van der Waals surface area contributed by atoms with E-state index in [1.165, 1.54) is 11.6 Å². The lowest BCUT2D eigenvalue weighted by Crippen LogP contribution is -2.18. The van der Waals surface area contributed by atoms with Crippen molar-refractivity contribution in [2.24, 2.45) is 0 Å². The molecule has 0 aromatic heterocycles. The zero-order chi connectivity index (χ0) is 14.9. The SMILES string of the molecule is CCCC1=Cc2cc(Cl)c(OC(F)(F)F)c(Cl)c2CC1. The molecule has 0 unspecified atom stereocenters. The summed E-state index contributed by atoms with van der Waals surface area (Å²) in [5.74, 6) is -0.507. The molecule has 0 radical (unpaired) electrons. The van der Waals surface area contributed by atoms with Crippen molar-refractivity contribution in [1.82, 2.24) is 0 Å². The Hall–Kier alpha value is -0.870. The quantitative estimate of drug-likeness (QED) is 0.660. The molecule has 2 rings (SSSR count). The van der Waals surface area contributed by atoms with Gasteiger partial charge in [-0.25, -0.2) is 0 Å². The number of allylic oxidation sites excluding steroid dienone is 1. The van der Waals surface area contributed by atoms with Crippen LogP contribution in [0.2, 0.25) is 10.0 Å². The third kappa shape index (κ3) is 3.41. The first-order valence-electron chi connectivity index (χ1n) is 6.28. The Morgan fingerprint density at radius 2 is 1.95 bits per heavy atom. The molecule has 0 saturated carbocycles. The second kappa shape index (κ2) is 5.86. The van der Waals surface area contributed by atoms with Gasteiger partial charge in [0.1, 0.15) is 0 Å². The molecular formula is C14H13Cl2F3O. The molecule has 1 aliphatic rings. The maximum atomic E-state index is 12.3. The third-order valence-corrected chi connectivity index (χ3v) is 3.84. The molecule has 0 bridgehead atoms. The van der Waals surface area contributed by atoms with Gasteiger partial charge in [0.2, 0.25) is 0 Å². The van der Waals surface area contributed by atoms with Crippen LogP contribution in [0, 0.1) is 0 Å². The Bertz CT molecular complexity index is 550. The number of hydrogen-bond acceptors (Lipinski definition) is 1. The topological polar surface area (TPSA) is 9.23 Å². The molecule has 0 aliphatic heterocycles. The van der Waals surface area contributed by atoms with E-state index >= 15 is 0 Å². The summed E-state index contributed by atoms with van der Waals surface area (Å²) in [5, 5.41) is -0.170. The van der Waals surface area contributed by atoms with Gasteiger partial charge >= 0.3 is 6.36 Å². The summed E-state index contributed by atoms with van der Waals surface area (Å²) in [5.41, 5.74) is 2.70. The number of rotatable bonds is 3. The molecule has 0 N–H and O–H groups in total. The van der Waals surface area contributed by atoms with Crippen molar-refractivity contribution < 1.29 is 17.9 Å². The molecule has 0 atom stereocenters. The molecule has 0 spiro atoms. The zero-order valence-corrected chi connectivity index (χ0v) is 12.3. The van der Waals surface area contributed by atoms with Crippen LogP contribution >= 0.6 is 23.2 Å². The van der Waals surface area contributed by atoms with E-state index in [9.17, 15) is 13.2 Å². The lowest BCUT2D eigenvalue weighted by molar-refractivity contribution is -0.274. The van der Waals surface area contributed by atoms with E-state index in [0.29, 0.717) is 12.0 Å². The van der Waals surface area contributed by atoms with E-state index in [4.69, 9.17) is 23.2 Å². The minimum absolute atomic E-state index is 0.0448. The summed E-state index contributed by atoms with van der Waals surface area (Å²) in [6.07, 6.45) is 0.545. The predicted octanol–water partition coefficient (Wildman–Crippen LogP) is 6.02. The van der Waals surface area contributed by atoms with Gasteiger partial charge < -0.3 is 4.74 Å². The maximum Gasteiger partial charge on any atom is 0.573 e. The van der Waals surface area contributed by atoms with Crippen LogP contribution in [0.4, 0.5) is 13.2 Å². The Kier molecular flexibility index (Phi) is 4.55. The number of hydrogen-bond donors (Lipinski definition) is 0. The molecule has 110 valence electrons. The molecule has 1 aromatic carbocycles. The molecule has 1 nitrogen and oxygen atoms in total. The molecule has 0 heterocycles. The van der Waals surface area contributed by atoms with E-state index in [0.717, 1.165) is 24.8 Å². The highest BCUT2D eigenvalue weighted by atomic mass is 35.5. The fraction of sp³-hybridized carbons (Fsp3) is 0.429. The summed E-state index contributed by atoms with van der Waals surface area (Å²) in [7, 11) is 0. The molecular weight excluding hydrogens is 312 g/mol. The number of ether oxygens (including phenoxy) is 1. The van der Waals surface area contributed by atoms with Crippen LogP contribution in [0.3, 0.4) is 0 Å². The first-order chi connectivity index (χ1) is 9.31. The van der Waals surface area contributed by atoms with Crippen LogP contribution in [-0.4, -0.2) is 6.36 Å². The normalized spacial score (nSPS) is 14.8. The number of benzene rings is 1. The Balaban J connectivity index is 2.43. The van der Waals surface area contributed by atoms with Crippen LogP contribution in [-0.2, 0) is 6.42 Å². The van der Waals surface area contributed by atoms with Gasteiger partial charge in [-0.05, 0) is 36.5 Å². The van der Waals surface area contributed by atoms with Crippen LogP contribution < -0.4 is 4.74 Å². The van der Waals surface area contributed by atoms with Gasteiger partial charge in [-0.3, -0.25) is 0 Å². The van der Waals surface area contributed by atoms with Crippen molar-refractivity contribution in [1.29, 1.82) is 0 Å². The number of fused-ring (bicyclic) bond motifs is 1. The first-order valence-corrected chi connectivity index (χ1v) is 7.03. The average Bonchev–Trinajstić information content (AvgIpc) is 2.33. The zero-order valence-electron chi connectivity index (χ0n) is 10.8. The minimum atomic E-state index is -4.81. The van der Waals surface area contributed by atoms with Gasteiger partial charge in [0.05, 0.1) is 10.0 Å². The molecule has 1 aliphatic carbocycles. The first kappa shape index (κ1) is 15.5. The Morgan fingerprint density at radius 3 is 2.55 bits per heavy atom.